The number of carbonyl (C=O) groups is 1. The highest BCUT2D eigenvalue weighted by atomic mass is 35.5. The number of anilines is 1. The molecule has 0 atom stereocenters. The molecule has 1 heterocycles. The highest BCUT2D eigenvalue weighted by molar-refractivity contribution is 8.27. The van der Waals surface area contributed by atoms with Crippen molar-refractivity contribution in [3.8, 4) is 11.5 Å². The number of thiocarbonyl (C=S) groups is 1. The van der Waals surface area contributed by atoms with Crippen molar-refractivity contribution in [2.24, 2.45) is 0 Å². The average Bonchev–Trinajstić information content (AvgIpc) is 2.86. The summed E-state index contributed by atoms with van der Waals surface area (Å²) in [5.41, 5.74) is 0.993. The first kappa shape index (κ1) is 18.1. The molecule has 0 saturated carbocycles. The Morgan fingerprint density at radius 3 is 2.56 bits per heavy atom. The molecule has 4 nitrogen and oxygen atoms in total. The third-order valence-electron chi connectivity index (χ3n) is 3.47. The lowest BCUT2D eigenvalue weighted by Crippen LogP contribution is -2.27. The number of halogens is 2. The summed E-state index contributed by atoms with van der Waals surface area (Å²) in [4.78, 5) is 14.5. The van der Waals surface area contributed by atoms with Crippen LogP contribution in [-0.4, -0.2) is 22.4 Å². The van der Waals surface area contributed by atoms with Crippen LogP contribution in [0.5, 0.6) is 11.5 Å². The maximum atomic E-state index is 12.7. The molecule has 2 aromatic rings. The maximum absolute atomic E-state index is 12.7. The van der Waals surface area contributed by atoms with Crippen molar-refractivity contribution in [2.45, 2.75) is 0 Å². The van der Waals surface area contributed by atoms with Crippen molar-refractivity contribution in [1.29, 1.82) is 0 Å². The molecule has 8 heteroatoms. The molecule has 1 N–H and O–H groups in total. The van der Waals surface area contributed by atoms with E-state index in [0.717, 1.165) is 11.8 Å². The number of phenolic OH excluding ortho intramolecular Hbond substituents is 1. The smallest absolute Gasteiger partial charge is 0.270 e. The predicted octanol–water partition coefficient (Wildman–Crippen LogP) is 5.11. The van der Waals surface area contributed by atoms with Gasteiger partial charge in [0.15, 0.2) is 4.32 Å². The van der Waals surface area contributed by atoms with Crippen LogP contribution in [0.2, 0.25) is 10.0 Å². The summed E-state index contributed by atoms with van der Waals surface area (Å²) in [6.45, 7) is 0. The molecule has 0 spiro atoms. The van der Waals surface area contributed by atoms with Gasteiger partial charge in [-0.3, -0.25) is 9.69 Å². The molecule has 128 valence electrons. The summed E-state index contributed by atoms with van der Waals surface area (Å²) in [7, 11) is 1.57. The number of phenols is 1. The summed E-state index contributed by atoms with van der Waals surface area (Å²) in [6.07, 6.45) is 1.52. The Kier molecular flexibility index (Phi) is 5.24. The number of rotatable bonds is 3. The summed E-state index contributed by atoms with van der Waals surface area (Å²) >= 11 is 18.3. The number of benzene rings is 2. The van der Waals surface area contributed by atoms with Crippen LogP contribution in [-0.2, 0) is 4.79 Å². The van der Waals surface area contributed by atoms with Gasteiger partial charge >= 0.3 is 0 Å². The Bertz CT molecular complexity index is 898. The molecule has 2 aromatic carbocycles. The van der Waals surface area contributed by atoms with Crippen molar-refractivity contribution in [3.63, 3.8) is 0 Å². The number of amides is 1. The Morgan fingerprint density at radius 2 is 1.92 bits per heavy atom. The van der Waals surface area contributed by atoms with Gasteiger partial charge in [0.2, 0.25) is 0 Å². The highest BCUT2D eigenvalue weighted by Gasteiger charge is 2.33. The number of ether oxygens (including phenoxy) is 1. The van der Waals surface area contributed by atoms with E-state index in [4.69, 9.17) is 40.2 Å². The second-order valence-corrected chi connectivity index (χ2v) is 7.56. The lowest BCUT2D eigenvalue weighted by molar-refractivity contribution is -0.113. The largest absolute Gasteiger partial charge is 0.506 e. The second kappa shape index (κ2) is 7.25. The first-order chi connectivity index (χ1) is 11.9. The fourth-order valence-electron chi connectivity index (χ4n) is 2.26. The van der Waals surface area contributed by atoms with Crippen LogP contribution in [0.3, 0.4) is 0 Å². The number of nitrogens with zero attached hydrogens (tertiary/aromatic N) is 1. The zero-order valence-corrected chi connectivity index (χ0v) is 16.0. The van der Waals surface area contributed by atoms with Gasteiger partial charge in [-0.15, -0.1) is 0 Å². The van der Waals surface area contributed by atoms with Crippen LogP contribution in [0.25, 0.3) is 6.08 Å². The van der Waals surface area contributed by atoms with Gasteiger partial charge in [0.05, 0.1) is 22.7 Å². The molecule has 3 rings (SSSR count). The number of aromatic hydroxyl groups is 1. The third-order valence-corrected chi connectivity index (χ3v) is 5.28. The van der Waals surface area contributed by atoms with Gasteiger partial charge in [0.25, 0.3) is 5.91 Å². The molecule has 25 heavy (non-hydrogen) atoms. The van der Waals surface area contributed by atoms with Crippen LogP contribution in [0, 0.1) is 0 Å². The van der Waals surface area contributed by atoms with Gasteiger partial charge in [0.1, 0.15) is 11.5 Å². The van der Waals surface area contributed by atoms with E-state index in [1.54, 1.807) is 31.4 Å². The second-order valence-electron chi connectivity index (χ2n) is 5.04. The molecule has 0 bridgehead atoms. The topological polar surface area (TPSA) is 49.8 Å². The molecule has 1 aliphatic rings. The van der Waals surface area contributed by atoms with Crippen LogP contribution >= 0.6 is 47.2 Å². The molecule has 0 aliphatic carbocycles. The number of methoxy groups -OCH3 is 1. The standard InChI is InChI=1S/C17H11Cl2NO3S2/c1-23-12-4-2-11(3-5-12)20-16(22)14(25-17(20)24)7-9-6-10(18)8-13(19)15(9)21/h2-8,21H,1H3/b14-7+. The summed E-state index contributed by atoms with van der Waals surface area (Å²) in [5.74, 6) is 0.264. The highest BCUT2D eigenvalue weighted by Crippen LogP contribution is 2.39. The minimum absolute atomic E-state index is 0.115. The third kappa shape index (κ3) is 3.62. The Morgan fingerprint density at radius 1 is 1.24 bits per heavy atom. The predicted molar refractivity (Wildman–Crippen MR) is 107 cm³/mol. The van der Waals surface area contributed by atoms with Gasteiger partial charge in [-0.25, -0.2) is 0 Å². The Balaban J connectivity index is 1.96. The van der Waals surface area contributed by atoms with Crippen LogP contribution in [0.15, 0.2) is 41.3 Å². The number of hydrogen-bond acceptors (Lipinski definition) is 5. The first-order valence-corrected chi connectivity index (χ1v) is 8.99. The van der Waals surface area contributed by atoms with Crippen molar-refractivity contribution in [2.75, 3.05) is 12.0 Å². The Labute approximate surface area is 164 Å². The minimum atomic E-state index is -0.282. The molecule has 1 aliphatic heterocycles. The lowest BCUT2D eigenvalue weighted by Gasteiger charge is -2.14. The van der Waals surface area contributed by atoms with Crippen molar-refractivity contribution >= 4 is 69.2 Å². The van der Waals surface area contributed by atoms with E-state index < -0.39 is 0 Å². The van der Waals surface area contributed by atoms with Crippen LogP contribution < -0.4 is 9.64 Å². The average molecular weight is 412 g/mol. The van der Waals surface area contributed by atoms with E-state index in [2.05, 4.69) is 0 Å². The lowest BCUT2D eigenvalue weighted by atomic mass is 10.2. The number of carbonyl (C=O) groups excluding carboxylic acids is 1. The molecule has 0 radical (unpaired) electrons. The fraction of sp³-hybridized carbons (Fsp3) is 0.0588. The van der Waals surface area contributed by atoms with Gasteiger partial charge in [-0.2, -0.15) is 0 Å². The monoisotopic (exact) mass is 411 g/mol. The summed E-state index contributed by atoms with van der Waals surface area (Å²) in [6, 6.07) is 9.96. The molecule has 1 amide bonds. The van der Waals surface area contributed by atoms with E-state index in [9.17, 15) is 9.90 Å². The maximum Gasteiger partial charge on any atom is 0.270 e. The zero-order chi connectivity index (χ0) is 18.1. The molecule has 0 unspecified atom stereocenters. The fourth-order valence-corrected chi connectivity index (χ4v) is 4.06. The van der Waals surface area contributed by atoms with Crippen molar-refractivity contribution < 1.29 is 14.6 Å². The molecule has 0 aromatic heterocycles. The van der Waals surface area contributed by atoms with E-state index in [0.29, 0.717) is 31.2 Å². The molecular formula is C17H11Cl2NO3S2. The van der Waals surface area contributed by atoms with E-state index >= 15 is 0 Å². The first-order valence-electron chi connectivity index (χ1n) is 7.00. The SMILES string of the molecule is COc1ccc(N2C(=O)/C(=C\c3cc(Cl)cc(Cl)c3O)SC2=S)cc1. The summed E-state index contributed by atoms with van der Waals surface area (Å²) < 4.78 is 5.51. The zero-order valence-electron chi connectivity index (χ0n) is 12.8. The normalized spacial score (nSPS) is 16.0. The Hall–Kier alpha value is -1.73. The van der Waals surface area contributed by atoms with Crippen LogP contribution in [0.4, 0.5) is 5.69 Å². The van der Waals surface area contributed by atoms with Crippen molar-refractivity contribution in [3.05, 3.63) is 56.9 Å². The molecule has 1 saturated heterocycles. The van der Waals surface area contributed by atoms with Gasteiger partial charge < -0.3 is 9.84 Å². The van der Waals surface area contributed by atoms with Gasteiger partial charge in [-0.1, -0.05) is 47.2 Å². The van der Waals surface area contributed by atoms with E-state index in [1.807, 2.05) is 0 Å². The number of hydrogen-bond donors (Lipinski definition) is 1. The molecular weight excluding hydrogens is 401 g/mol. The number of thioether (sulfide) groups is 1. The van der Waals surface area contributed by atoms with Crippen LogP contribution in [0.1, 0.15) is 5.56 Å². The summed E-state index contributed by atoms with van der Waals surface area (Å²) in [5, 5.41) is 10.5. The van der Waals surface area contributed by atoms with Crippen molar-refractivity contribution in [1.82, 2.24) is 0 Å². The molecule has 1 fully saturated rings. The quantitative estimate of drug-likeness (QED) is 0.561. The minimum Gasteiger partial charge on any atom is -0.506 e. The van der Waals surface area contributed by atoms with Gasteiger partial charge in [0, 0.05) is 10.6 Å². The van der Waals surface area contributed by atoms with Gasteiger partial charge in [-0.05, 0) is 42.5 Å². The van der Waals surface area contributed by atoms with E-state index in [-0.39, 0.29) is 16.7 Å². The van der Waals surface area contributed by atoms with E-state index in [1.165, 1.54) is 23.1 Å².